The van der Waals surface area contributed by atoms with Crippen LogP contribution >= 0.6 is 0 Å². The first kappa shape index (κ1) is 21.2. The van der Waals surface area contributed by atoms with Crippen molar-refractivity contribution in [3.05, 3.63) is 60.0 Å². The molecule has 170 valence electrons. The van der Waals surface area contributed by atoms with Gasteiger partial charge in [-0.2, -0.15) is 5.10 Å². The summed E-state index contributed by atoms with van der Waals surface area (Å²) in [5.74, 6) is 1.70. The number of nitrogens with zero attached hydrogens (tertiary/aromatic N) is 6. The molecule has 3 aromatic heterocycles. The van der Waals surface area contributed by atoms with Gasteiger partial charge in [-0.15, -0.1) is 0 Å². The highest BCUT2D eigenvalue weighted by Crippen LogP contribution is 2.29. The zero-order valence-corrected chi connectivity index (χ0v) is 19.3. The lowest BCUT2D eigenvalue weighted by Crippen LogP contribution is -2.26. The molecule has 1 aliphatic rings. The highest BCUT2D eigenvalue weighted by molar-refractivity contribution is 5.97. The number of fused-ring (bicyclic) bond motifs is 1. The standard InChI is InChI=1S/C25H29N7O/c1-4-30-13-11-20(29-30)16-32-22-9-7-18(25(33)26-3)14-21(22)28-24(32)19-8-10-23(27-15-19)31-12-5-6-17(31)2/h7-11,13-15,17H,4-6,12,16H2,1-3H3,(H,26,33). The van der Waals surface area contributed by atoms with Crippen LogP contribution < -0.4 is 10.2 Å². The zero-order chi connectivity index (χ0) is 22.9. The van der Waals surface area contributed by atoms with Gasteiger partial charge in [-0.05, 0) is 63.1 Å². The molecule has 0 radical (unpaired) electrons. The molecule has 4 aromatic rings. The Morgan fingerprint density at radius 3 is 2.76 bits per heavy atom. The maximum absolute atomic E-state index is 12.2. The quantitative estimate of drug-likeness (QED) is 0.491. The van der Waals surface area contributed by atoms with Gasteiger partial charge in [0.2, 0.25) is 0 Å². The summed E-state index contributed by atoms with van der Waals surface area (Å²) in [6.07, 6.45) is 6.31. The first-order valence-electron chi connectivity index (χ1n) is 11.5. The number of benzene rings is 1. The molecule has 1 N–H and O–H groups in total. The Bertz CT molecular complexity index is 1290. The Balaban J connectivity index is 1.57. The van der Waals surface area contributed by atoms with Crippen molar-refractivity contribution < 1.29 is 4.79 Å². The summed E-state index contributed by atoms with van der Waals surface area (Å²) < 4.78 is 4.08. The summed E-state index contributed by atoms with van der Waals surface area (Å²) in [6, 6.07) is 12.4. The number of aromatic nitrogens is 5. The molecule has 1 atom stereocenters. The van der Waals surface area contributed by atoms with E-state index in [2.05, 4.69) is 45.9 Å². The number of pyridine rings is 1. The molecule has 1 unspecified atom stereocenters. The van der Waals surface area contributed by atoms with Crippen LogP contribution in [-0.2, 0) is 13.1 Å². The normalized spacial score (nSPS) is 16.0. The minimum Gasteiger partial charge on any atom is -0.355 e. The van der Waals surface area contributed by atoms with Crippen LogP contribution in [0.4, 0.5) is 5.82 Å². The molecular weight excluding hydrogens is 414 g/mol. The van der Waals surface area contributed by atoms with E-state index in [1.165, 1.54) is 12.8 Å². The molecule has 1 amide bonds. The van der Waals surface area contributed by atoms with Gasteiger partial charge in [0, 0.05) is 49.7 Å². The van der Waals surface area contributed by atoms with Gasteiger partial charge >= 0.3 is 0 Å². The molecule has 1 aliphatic heterocycles. The number of nitrogens with one attached hydrogen (secondary N) is 1. The second kappa shape index (κ2) is 8.69. The van der Waals surface area contributed by atoms with Crippen molar-refractivity contribution in [1.82, 2.24) is 29.6 Å². The van der Waals surface area contributed by atoms with Crippen LogP contribution in [0.3, 0.4) is 0 Å². The number of aryl methyl sites for hydroxylation is 1. The van der Waals surface area contributed by atoms with Crippen LogP contribution in [0.15, 0.2) is 48.8 Å². The molecule has 8 nitrogen and oxygen atoms in total. The van der Waals surface area contributed by atoms with Crippen molar-refractivity contribution in [3.63, 3.8) is 0 Å². The highest BCUT2D eigenvalue weighted by atomic mass is 16.1. The minimum atomic E-state index is -0.125. The molecule has 1 saturated heterocycles. The SMILES string of the molecule is CCn1ccc(Cn2c(-c3ccc(N4CCCC4C)nc3)nc3cc(C(=O)NC)ccc32)n1. The van der Waals surface area contributed by atoms with E-state index >= 15 is 0 Å². The van der Waals surface area contributed by atoms with Crippen LogP contribution in [0.5, 0.6) is 0 Å². The fraction of sp³-hybridized carbons (Fsp3) is 0.360. The average Bonchev–Trinajstić information content (AvgIpc) is 3.57. The maximum atomic E-state index is 12.2. The van der Waals surface area contributed by atoms with Gasteiger partial charge in [0.25, 0.3) is 5.91 Å². The molecule has 0 bridgehead atoms. The van der Waals surface area contributed by atoms with Gasteiger partial charge in [0.05, 0.1) is 23.3 Å². The van der Waals surface area contributed by atoms with Gasteiger partial charge in [-0.3, -0.25) is 9.48 Å². The molecule has 0 aliphatic carbocycles. The van der Waals surface area contributed by atoms with Crippen molar-refractivity contribution in [2.45, 2.75) is 45.8 Å². The van der Waals surface area contributed by atoms with Gasteiger partial charge in [0.1, 0.15) is 11.6 Å². The number of hydrogen-bond acceptors (Lipinski definition) is 5. The fourth-order valence-electron chi connectivity index (χ4n) is 4.58. The Morgan fingerprint density at radius 2 is 2.09 bits per heavy atom. The van der Waals surface area contributed by atoms with E-state index in [1.807, 2.05) is 41.3 Å². The lowest BCUT2D eigenvalue weighted by atomic mass is 10.2. The summed E-state index contributed by atoms with van der Waals surface area (Å²) in [5.41, 5.74) is 4.23. The topological polar surface area (TPSA) is 80.9 Å². The van der Waals surface area contributed by atoms with Crippen LogP contribution in [0.2, 0.25) is 0 Å². The summed E-state index contributed by atoms with van der Waals surface area (Å²) in [6.45, 7) is 6.79. The van der Waals surface area contributed by atoms with E-state index in [0.717, 1.165) is 47.0 Å². The second-order valence-corrected chi connectivity index (χ2v) is 8.56. The highest BCUT2D eigenvalue weighted by Gasteiger charge is 2.22. The molecular formula is C25H29N7O. The molecule has 5 rings (SSSR count). The molecule has 4 heterocycles. The fourth-order valence-corrected chi connectivity index (χ4v) is 4.58. The largest absolute Gasteiger partial charge is 0.355 e. The number of carbonyl (C=O) groups excluding carboxylic acids is 1. The average molecular weight is 444 g/mol. The number of anilines is 1. The van der Waals surface area contributed by atoms with Crippen LogP contribution in [0.1, 0.15) is 42.7 Å². The van der Waals surface area contributed by atoms with E-state index < -0.39 is 0 Å². The predicted molar refractivity (Wildman–Crippen MR) is 129 cm³/mol. The molecule has 1 fully saturated rings. The number of hydrogen-bond donors (Lipinski definition) is 1. The molecule has 8 heteroatoms. The van der Waals surface area contributed by atoms with Gasteiger partial charge < -0.3 is 14.8 Å². The van der Waals surface area contributed by atoms with Crippen molar-refractivity contribution in [1.29, 1.82) is 0 Å². The van der Waals surface area contributed by atoms with Gasteiger partial charge in [0.15, 0.2) is 0 Å². The Hall–Kier alpha value is -3.68. The lowest BCUT2D eigenvalue weighted by Gasteiger charge is -2.22. The third-order valence-electron chi connectivity index (χ3n) is 6.43. The second-order valence-electron chi connectivity index (χ2n) is 8.56. The first-order valence-corrected chi connectivity index (χ1v) is 11.5. The molecule has 1 aromatic carbocycles. The Morgan fingerprint density at radius 1 is 1.21 bits per heavy atom. The smallest absolute Gasteiger partial charge is 0.251 e. The van der Waals surface area contributed by atoms with Gasteiger partial charge in [-0.25, -0.2) is 9.97 Å². The Kier molecular flexibility index (Phi) is 5.58. The monoisotopic (exact) mass is 443 g/mol. The lowest BCUT2D eigenvalue weighted by molar-refractivity contribution is 0.0963. The molecule has 0 spiro atoms. The van der Waals surface area contributed by atoms with Crippen molar-refractivity contribution in [2.75, 3.05) is 18.5 Å². The summed E-state index contributed by atoms with van der Waals surface area (Å²) in [7, 11) is 1.63. The van der Waals surface area contributed by atoms with E-state index in [0.29, 0.717) is 18.2 Å². The number of carbonyl (C=O) groups is 1. The Labute approximate surface area is 193 Å². The summed E-state index contributed by atoms with van der Waals surface area (Å²) >= 11 is 0. The minimum absolute atomic E-state index is 0.125. The van der Waals surface area contributed by atoms with Crippen LogP contribution in [-0.4, -0.2) is 49.9 Å². The van der Waals surface area contributed by atoms with Crippen molar-refractivity contribution >= 4 is 22.8 Å². The first-order chi connectivity index (χ1) is 16.1. The van der Waals surface area contributed by atoms with E-state index in [-0.39, 0.29) is 5.91 Å². The van der Waals surface area contributed by atoms with Crippen molar-refractivity contribution in [2.24, 2.45) is 0 Å². The summed E-state index contributed by atoms with van der Waals surface area (Å²) in [5, 5.41) is 7.34. The van der Waals surface area contributed by atoms with E-state index in [4.69, 9.17) is 9.97 Å². The maximum Gasteiger partial charge on any atom is 0.251 e. The number of rotatable bonds is 6. The number of amides is 1. The summed E-state index contributed by atoms with van der Waals surface area (Å²) in [4.78, 5) is 24.2. The molecule has 0 saturated carbocycles. The predicted octanol–water partition coefficient (Wildman–Crippen LogP) is 3.71. The van der Waals surface area contributed by atoms with E-state index in [1.54, 1.807) is 7.05 Å². The van der Waals surface area contributed by atoms with E-state index in [9.17, 15) is 4.79 Å². The zero-order valence-electron chi connectivity index (χ0n) is 19.3. The molecule has 33 heavy (non-hydrogen) atoms. The van der Waals surface area contributed by atoms with Crippen LogP contribution in [0.25, 0.3) is 22.4 Å². The number of imidazole rings is 1. The van der Waals surface area contributed by atoms with Crippen LogP contribution in [0, 0.1) is 0 Å². The van der Waals surface area contributed by atoms with Gasteiger partial charge in [-0.1, -0.05) is 0 Å². The third kappa shape index (κ3) is 3.97. The van der Waals surface area contributed by atoms with Crippen molar-refractivity contribution in [3.8, 4) is 11.4 Å². The third-order valence-corrected chi connectivity index (χ3v) is 6.43.